The van der Waals surface area contributed by atoms with Gasteiger partial charge in [-0.05, 0) is 24.3 Å². The number of alkyl halides is 3. The van der Waals surface area contributed by atoms with Gasteiger partial charge in [0, 0.05) is 12.1 Å². The maximum absolute atomic E-state index is 12.0. The van der Waals surface area contributed by atoms with Gasteiger partial charge in [0.2, 0.25) is 0 Å². The fraction of sp³-hybridized carbons (Fsp3) is 0.308. The predicted molar refractivity (Wildman–Crippen MR) is 69.0 cm³/mol. The smallest absolute Gasteiger partial charge is 0.390 e. The first-order valence-electron chi connectivity index (χ1n) is 6.21. The van der Waals surface area contributed by atoms with Crippen LogP contribution in [0.1, 0.15) is 22.5 Å². The van der Waals surface area contributed by atoms with Crippen molar-refractivity contribution in [2.24, 2.45) is 0 Å². The summed E-state index contributed by atoms with van der Waals surface area (Å²) in [5.41, 5.74) is 1.70. The molecule has 0 saturated heterocycles. The Kier molecular flexibility index (Phi) is 4.37. The second-order valence-electron chi connectivity index (χ2n) is 4.46. The molecule has 2 aromatic rings. The number of H-pyrrole nitrogens is 1. The molecule has 8 heteroatoms. The van der Waals surface area contributed by atoms with Crippen molar-refractivity contribution in [3.8, 4) is 5.69 Å². The molecule has 0 radical (unpaired) electrons. The first kappa shape index (κ1) is 15.2. The molecule has 0 spiro atoms. The number of aromatic nitrogens is 2. The minimum Gasteiger partial charge on any atom is -0.390 e. The van der Waals surface area contributed by atoms with Crippen LogP contribution in [0.25, 0.3) is 5.69 Å². The van der Waals surface area contributed by atoms with E-state index in [9.17, 15) is 18.0 Å². The summed E-state index contributed by atoms with van der Waals surface area (Å²) in [4.78, 5) is 11.6. The van der Waals surface area contributed by atoms with E-state index in [1.807, 2.05) is 0 Å². The lowest BCUT2D eigenvalue weighted by atomic mass is 10.2. The quantitative estimate of drug-likeness (QED) is 0.790. The van der Waals surface area contributed by atoms with Crippen LogP contribution in [0.3, 0.4) is 0 Å². The Labute approximate surface area is 118 Å². The Bertz CT molecular complexity index is 587. The van der Waals surface area contributed by atoms with Crippen LogP contribution in [-0.2, 0) is 6.61 Å². The van der Waals surface area contributed by atoms with Gasteiger partial charge < -0.3 is 10.4 Å². The molecular formula is C13H14F3N3O2. The number of nitrogens with zero attached hydrogens (tertiary/aromatic N) is 1. The fourth-order valence-corrected chi connectivity index (χ4v) is 1.71. The van der Waals surface area contributed by atoms with Crippen LogP contribution in [0.4, 0.5) is 13.2 Å². The molecule has 0 aliphatic carbocycles. The highest BCUT2D eigenvalue weighted by atomic mass is 19.4. The maximum Gasteiger partial charge on any atom is 0.390 e. The maximum atomic E-state index is 12.0. The van der Waals surface area contributed by atoms with Gasteiger partial charge in [0.15, 0.2) is 0 Å². The zero-order valence-corrected chi connectivity index (χ0v) is 10.9. The molecule has 0 atom stereocenters. The van der Waals surface area contributed by atoms with Crippen LogP contribution >= 0.6 is 0 Å². The van der Waals surface area contributed by atoms with Gasteiger partial charge in [0.25, 0.3) is 5.91 Å². The number of hydrogen-bond acceptors (Lipinski definition) is 2. The Morgan fingerprint density at radius 2 is 1.90 bits per heavy atom. The summed E-state index contributed by atoms with van der Waals surface area (Å²) in [7, 11) is 0. The van der Waals surface area contributed by atoms with Crippen molar-refractivity contribution in [3.63, 3.8) is 0 Å². The summed E-state index contributed by atoms with van der Waals surface area (Å²) in [5, 5.41) is 13.9. The van der Waals surface area contributed by atoms with E-state index in [4.69, 9.17) is 5.11 Å². The number of carbonyl (C=O) groups is 1. The first-order valence-corrected chi connectivity index (χ1v) is 6.21. The van der Waals surface area contributed by atoms with Crippen molar-refractivity contribution >= 4 is 5.91 Å². The summed E-state index contributed by atoms with van der Waals surface area (Å²) in [6.07, 6.45) is -3.64. The molecule has 0 unspecified atom stereocenters. The first-order chi connectivity index (χ1) is 9.89. The van der Waals surface area contributed by atoms with E-state index in [1.165, 1.54) is 12.1 Å². The number of hydrogen-bond donors (Lipinski definition) is 3. The van der Waals surface area contributed by atoms with Crippen LogP contribution in [0.2, 0.25) is 0 Å². The molecule has 21 heavy (non-hydrogen) atoms. The molecule has 1 aromatic carbocycles. The number of nitrogens with one attached hydrogen (secondary N) is 2. The number of rotatable bonds is 5. The number of amides is 1. The van der Waals surface area contributed by atoms with Gasteiger partial charge in [0.1, 0.15) is 0 Å². The zero-order valence-electron chi connectivity index (χ0n) is 10.9. The number of aliphatic hydroxyl groups is 1. The Morgan fingerprint density at radius 3 is 2.43 bits per heavy atom. The van der Waals surface area contributed by atoms with Gasteiger partial charge in [-0.15, -0.1) is 0 Å². The molecule has 0 saturated carbocycles. The lowest BCUT2D eigenvalue weighted by Crippen LogP contribution is -2.27. The molecule has 0 fully saturated rings. The average Bonchev–Trinajstić information content (AvgIpc) is 2.36. The Morgan fingerprint density at radius 1 is 1.29 bits per heavy atom. The third kappa shape index (κ3) is 4.12. The number of aliphatic hydroxyl groups excluding tert-OH is 1. The minimum absolute atomic E-state index is 0.0871. The number of halogens is 3. The normalized spacial score (nSPS) is 11.6. The minimum atomic E-state index is -4.28. The zero-order chi connectivity index (χ0) is 15.5. The Balaban J connectivity index is 1.91. The molecule has 0 aliphatic rings. The predicted octanol–water partition coefficient (Wildman–Crippen LogP) is 1.98. The largest absolute Gasteiger partial charge is 0.390 e. The van der Waals surface area contributed by atoms with E-state index in [0.717, 1.165) is 5.69 Å². The van der Waals surface area contributed by atoms with Crippen LogP contribution in [0.15, 0.2) is 30.5 Å². The van der Waals surface area contributed by atoms with E-state index in [-0.39, 0.29) is 12.2 Å². The van der Waals surface area contributed by atoms with Crippen LogP contribution in [0.5, 0.6) is 0 Å². The fourth-order valence-electron chi connectivity index (χ4n) is 1.71. The summed E-state index contributed by atoms with van der Waals surface area (Å²) >= 11 is 0. The molecular weight excluding hydrogens is 287 g/mol. The second-order valence-corrected chi connectivity index (χ2v) is 4.46. The number of benzene rings is 1. The topological polar surface area (TPSA) is 70.1 Å². The van der Waals surface area contributed by atoms with Crippen molar-refractivity contribution in [1.29, 1.82) is 0 Å². The highest BCUT2D eigenvalue weighted by Crippen LogP contribution is 2.18. The van der Waals surface area contributed by atoms with E-state index in [0.29, 0.717) is 5.69 Å². The van der Waals surface area contributed by atoms with Crippen molar-refractivity contribution < 1.29 is 23.1 Å². The van der Waals surface area contributed by atoms with Crippen molar-refractivity contribution in [2.45, 2.75) is 19.2 Å². The number of carbonyl (C=O) groups excluding carboxylic acids is 1. The lowest BCUT2D eigenvalue weighted by molar-refractivity contribution is -0.132. The third-order valence-electron chi connectivity index (χ3n) is 2.82. The van der Waals surface area contributed by atoms with Gasteiger partial charge in [-0.2, -0.15) is 13.2 Å². The van der Waals surface area contributed by atoms with Crippen LogP contribution in [-0.4, -0.2) is 33.5 Å². The molecule has 1 heterocycles. The number of aromatic amines is 1. The van der Waals surface area contributed by atoms with Crippen LogP contribution < -0.4 is 5.32 Å². The molecule has 5 nitrogen and oxygen atoms in total. The monoisotopic (exact) mass is 301 g/mol. The molecule has 2 rings (SSSR count). The molecule has 1 amide bonds. The van der Waals surface area contributed by atoms with Crippen molar-refractivity contribution in [1.82, 2.24) is 15.1 Å². The van der Waals surface area contributed by atoms with Crippen LogP contribution in [0, 0.1) is 0 Å². The highest BCUT2D eigenvalue weighted by molar-refractivity contribution is 5.94. The van der Waals surface area contributed by atoms with Gasteiger partial charge in [-0.25, -0.2) is 0 Å². The van der Waals surface area contributed by atoms with E-state index < -0.39 is 25.0 Å². The lowest BCUT2D eigenvalue weighted by Gasteiger charge is -2.14. The summed E-state index contributed by atoms with van der Waals surface area (Å²) in [6.45, 7) is -0.531. The summed E-state index contributed by atoms with van der Waals surface area (Å²) in [5.74, 6) is -0.547. The molecule has 0 bridgehead atoms. The van der Waals surface area contributed by atoms with E-state index >= 15 is 0 Å². The highest BCUT2D eigenvalue weighted by Gasteiger charge is 2.26. The van der Waals surface area contributed by atoms with Gasteiger partial charge >= 0.3 is 6.18 Å². The molecule has 114 valence electrons. The third-order valence-corrected chi connectivity index (χ3v) is 2.82. The van der Waals surface area contributed by atoms with E-state index in [1.54, 1.807) is 23.0 Å². The van der Waals surface area contributed by atoms with Crippen molar-refractivity contribution in [2.75, 3.05) is 6.54 Å². The van der Waals surface area contributed by atoms with E-state index in [2.05, 4.69) is 10.4 Å². The summed E-state index contributed by atoms with van der Waals surface area (Å²) in [6, 6.07) is 6.34. The standard InChI is InChI=1S/C13H14F3N3O2/c14-13(15,16)5-6-17-12(21)9-1-3-11(4-2-9)19-7-10(8-20)18-19/h1-4,7,18,20H,5-6,8H2,(H,17,21). The average molecular weight is 301 g/mol. The van der Waals surface area contributed by atoms with Gasteiger partial charge in [0.05, 0.1) is 30.6 Å². The van der Waals surface area contributed by atoms with Gasteiger partial charge in [-0.1, -0.05) is 0 Å². The Hall–Kier alpha value is -2.22. The van der Waals surface area contributed by atoms with Crippen molar-refractivity contribution in [3.05, 3.63) is 41.7 Å². The molecule has 1 aromatic heterocycles. The SMILES string of the molecule is O=C(NCCC(F)(F)F)c1ccc(-n2cc(CO)[nH]2)cc1. The molecule has 3 N–H and O–H groups in total. The summed E-state index contributed by atoms with van der Waals surface area (Å²) < 4.78 is 37.6. The second kappa shape index (κ2) is 6.04. The molecule has 0 aliphatic heterocycles. The van der Waals surface area contributed by atoms with Gasteiger partial charge in [-0.3, -0.25) is 14.6 Å².